The lowest BCUT2D eigenvalue weighted by Crippen LogP contribution is -2.69. The van der Waals surface area contributed by atoms with Gasteiger partial charge in [-0.2, -0.15) is 0 Å². The molecule has 5 aliphatic carbocycles. The maximum absolute atomic E-state index is 15.5. The molecule has 38 atom stereocenters. The van der Waals surface area contributed by atoms with E-state index in [4.69, 9.17) is 61.9 Å². The van der Waals surface area contributed by atoms with Crippen molar-refractivity contribution in [3.63, 3.8) is 0 Å². The summed E-state index contributed by atoms with van der Waals surface area (Å²) >= 11 is 0. The van der Waals surface area contributed by atoms with Crippen LogP contribution in [-0.4, -0.2) is 346 Å². The number of ether oxygens (including phenoxy) is 12. The van der Waals surface area contributed by atoms with Gasteiger partial charge in [-0.05, 0) is 117 Å². The second-order valence-electron chi connectivity index (χ2n) is 35.8. The van der Waals surface area contributed by atoms with Crippen molar-refractivity contribution in [1.82, 2.24) is 10.6 Å². The van der Waals surface area contributed by atoms with Crippen LogP contribution in [0.15, 0.2) is 11.6 Å². The van der Waals surface area contributed by atoms with Gasteiger partial charge in [-0.3, -0.25) is 14.4 Å². The first-order valence-electron chi connectivity index (χ1n) is 41.0. The number of carboxylic acids is 2. The van der Waals surface area contributed by atoms with E-state index in [1.165, 1.54) is 6.92 Å². The number of unbranched alkanes of at least 4 members (excludes halogenated alkanes) is 7. The van der Waals surface area contributed by atoms with Gasteiger partial charge in [0.15, 0.2) is 43.8 Å². The minimum Gasteiger partial charge on any atom is -0.481 e. The molecule has 37 heteroatoms. The second-order valence-corrected chi connectivity index (χ2v) is 35.8. The first kappa shape index (κ1) is 91.9. The van der Waals surface area contributed by atoms with Crippen molar-refractivity contribution in [3.05, 3.63) is 11.6 Å². The maximum atomic E-state index is 15.5. The van der Waals surface area contributed by atoms with Crippen molar-refractivity contribution in [2.45, 2.75) is 355 Å². The molecule has 0 aromatic rings. The zero-order chi connectivity index (χ0) is 83.9. The Hall–Kier alpha value is -3.83. The molecular weight excluding hydrogens is 1520 g/mol. The van der Waals surface area contributed by atoms with Crippen molar-refractivity contribution < 1.29 is 173 Å². The minimum atomic E-state index is -2.21. The summed E-state index contributed by atoms with van der Waals surface area (Å²) in [7, 11) is 0. The standard InChI is InChI=1S/C78H126N2O35/c1-35-60(111-66-55(96)49(90)38(84)32-105-66)54(95)58(99)68(107-35)114-63-52(93)48(80-46(87)16-14-12-10-8-9-11-13-15-17-47(88)89)40(30-81)108-70(63)104-27-26-79-72(103)78-25-24-73(2,3)28-37(78)36-18-19-43-74(4)22-21-45(75(5,34-83)42(74)20-23-76(43,6)77(36,7)29-44(78)86)110-71-64(115-69-57(98)53(94)51(92)41(31-82)109-69)61(59(100)62(113-71)65(101)102)112-67-56(97)50(91)39(85)33-106-67/h18,34-35,37-45,48-64,66-71,81-82,84-86,90-100H,8-17,19-33H2,1-7H3,(H,79,103)(H,80,87)(H,88,89)(H,101,102)/t35?,37?,38-,39-,40?,41?,42-,43?,44+,45+,48+,49?,50+,51+,52?,53+,54?,55?,56?,57?,58?,59+,60+,61+,62?,63?,64?,66+,67+,68+,69+,70-,71-,74?,75-,76?,77-,78-/m1/s1. The van der Waals surface area contributed by atoms with Gasteiger partial charge in [0.25, 0.3) is 0 Å². The van der Waals surface area contributed by atoms with E-state index in [1.807, 2.05) is 0 Å². The Morgan fingerprint density at radius 3 is 1.71 bits per heavy atom. The normalized spacial score (nSPS) is 47.8. The first-order chi connectivity index (χ1) is 54.3. The van der Waals surface area contributed by atoms with Crippen molar-refractivity contribution in [1.29, 1.82) is 0 Å². The number of aliphatic hydroxyl groups is 16. The number of nitrogens with one attached hydrogen (secondary N) is 2. The number of hydrogen-bond acceptors (Lipinski definition) is 33. The molecule has 6 saturated heterocycles. The van der Waals surface area contributed by atoms with Crippen LogP contribution in [0.4, 0.5) is 0 Å². The summed E-state index contributed by atoms with van der Waals surface area (Å²) in [6.45, 7) is 10.7. The van der Waals surface area contributed by atoms with Crippen LogP contribution in [0.3, 0.4) is 0 Å². The molecule has 6 aliphatic heterocycles. The Morgan fingerprint density at radius 1 is 0.539 bits per heavy atom. The summed E-state index contributed by atoms with van der Waals surface area (Å²) in [6.07, 6.45) is -37.6. The van der Waals surface area contributed by atoms with E-state index in [0.717, 1.165) is 44.0 Å². The van der Waals surface area contributed by atoms with Crippen LogP contribution >= 0.6 is 0 Å². The van der Waals surface area contributed by atoms with Crippen LogP contribution in [0.25, 0.3) is 0 Å². The second kappa shape index (κ2) is 37.5. The maximum Gasteiger partial charge on any atom is 0.335 e. The highest BCUT2D eigenvalue weighted by atomic mass is 16.8. The molecule has 115 heavy (non-hydrogen) atoms. The third-order valence-electron chi connectivity index (χ3n) is 28.2. The smallest absolute Gasteiger partial charge is 0.335 e. The Labute approximate surface area is 667 Å². The quantitative estimate of drug-likeness (QED) is 0.0141. The third-order valence-corrected chi connectivity index (χ3v) is 28.2. The molecule has 6 heterocycles. The van der Waals surface area contributed by atoms with E-state index in [2.05, 4.69) is 51.3 Å². The lowest BCUT2D eigenvalue weighted by molar-refractivity contribution is -0.391. The number of aldehydes is 1. The van der Waals surface area contributed by atoms with E-state index in [9.17, 15) is 106 Å². The molecule has 4 saturated carbocycles. The molecule has 2 amide bonds. The summed E-state index contributed by atoms with van der Waals surface area (Å²) in [5, 5.41) is 203. The van der Waals surface area contributed by atoms with E-state index in [0.29, 0.717) is 64.2 Å². The fourth-order valence-electron chi connectivity index (χ4n) is 21.3. The van der Waals surface area contributed by atoms with Crippen LogP contribution in [0.1, 0.15) is 170 Å². The summed E-state index contributed by atoms with van der Waals surface area (Å²) in [5.41, 5.74) is -4.09. The van der Waals surface area contributed by atoms with Gasteiger partial charge in [0.2, 0.25) is 11.8 Å². The average molecular weight is 1650 g/mol. The summed E-state index contributed by atoms with van der Waals surface area (Å²) in [4.78, 5) is 67.4. The van der Waals surface area contributed by atoms with Crippen LogP contribution in [0, 0.1) is 50.2 Å². The Kier molecular flexibility index (Phi) is 30.0. The highest BCUT2D eigenvalue weighted by molar-refractivity contribution is 5.85. The molecular formula is C78H126N2O35. The monoisotopic (exact) mass is 1650 g/mol. The molecule has 0 aromatic carbocycles. The van der Waals surface area contributed by atoms with Crippen molar-refractivity contribution in [2.75, 3.05) is 39.6 Å². The number of aliphatic hydroxyl groups excluding tert-OH is 16. The number of amides is 2. The van der Waals surface area contributed by atoms with Crippen LogP contribution in [0.5, 0.6) is 0 Å². The lowest BCUT2D eigenvalue weighted by atomic mass is 9.33. The fraction of sp³-hybridized carbons (Fsp3) is 0.910. The van der Waals surface area contributed by atoms with Gasteiger partial charge in [0.05, 0.1) is 68.2 Å². The molecule has 20 N–H and O–H groups in total. The predicted octanol–water partition coefficient (Wildman–Crippen LogP) is -3.14. The van der Waals surface area contributed by atoms with Gasteiger partial charge in [0.1, 0.15) is 122 Å². The molecule has 11 aliphatic rings. The summed E-state index contributed by atoms with van der Waals surface area (Å²) < 4.78 is 72.5. The van der Waals surface area contributed by atoms with E-state index in [1.54, 1.807) is 6.92 Å². The highest BCUT2D eigenvalue weighted by Gasteiger charge is 2.73. The van der Waals surface area contributed by atoms with Crippen LogP contribution in [0.2, 0.25) is 0 Å². The van der Waals surface area contributed by atoms with E-state index < -0.39 is 273 Å². The highest BCUT2D eigenvalue weighted by Crippen LogP contribution is 2.76. The zero-order valence-corrected chi connectivity index (χ0v) is 66.4. The summed E-state index contributed by atoms with van der Waals surface area (Å²) in [6, 6.07) is -1.35. The number of carbonyl (C=O) groups excluding carboxylic acids is 3. The Morgan fingerprint density at radius 2 is 1.10 bits per heavy atom. The zero-order valence-electron chi connectivity index (χ0n) is 66.4. The van der Waals surface area contributed by atoms with Crippen molar-refractivity contribution in [2.24, 2.45) is 50.2 Å². The number of carboxylic acid groups (broad SMARTS) is 2. The van der Waals surface area contributed by atoms with E-state index in [-0.39, 0.29) is 50.2 Å². The van der Waals surface area contributed by atoms with Gasteiger partial charge in [-0.15, -0.1) is 0 Å². The van der Waals surface area contributed by atoms with Gasteiger partial charge < -0.3 is 164 Å². The Bertz CT molecular complexity index is 3310. The van der Waals surface area contributed by atoms with Gasteiger partial charge >= 0.3 is 11.9 Å². The van der Waals surface area contributed by atoms with Gasteiger partial charge in [-0.1, -0.05) is 91.7 Å². The van der Waals surface area contributed by atoms with Crippen molar-refractivity contribution in [3.8, 4) is 0 Å². The molecule has 0 radical (unpaired) electrons. The largest absolute Gasteiger partial charge is 0.481 e. The fourth-order valence-corrected chi connectivity index (χ4v) is 21.3. The first-order valence-corrected chi connectivity index (χ1v) is 41.0. The summed E-state index contributed by atoms with van der Waals surface area (Å²) in [5.74, 6) is -4.64. The molecule has 0 bridgehead atoms. The number of hydrogen-bond donors (Lipinski definition) is 20. The molecule has 658 valence electrons. The topological polar surface area (TPSA) is 584 Å². The van der Waals surface area contributed by atoms with Crippen LogP contribution in [-0.2, 0) is 80.8 Å². The lowest BCUT2D eigenvalue weighted by Gasteiger charge is -2.71. The molecule has 0 aromatic heterocycles. The number of fused-ring (bicyclic) bond motifs is 7. The number of rotatable bonds is 31. The average Bonchev–Trinajstić information content (AvgIpc) is 0.669. The Balaban J connectivity index is 0.797. The predicted molar refractivity (Wildman–Crippen MR) is 390 cm³/mol. The molecule has 17 unspecified atom stereocenters. The molecule has 10 fully saturated rings. The molecule has 37 nitrogen and oxygen atoms in total. The van der Waals surface area contributed by atoms with E-state index >= 15 is 4.79 Å². The van der Waals surface area contributed by atoms with Gasteiger partial charge in [-0.25, -0.2) is 4.79 Å². The SMILES string of the molecule is CC1O[C@@H](OC2C(O)[C@@H](NC(=O)CCCCCCCCCCC(=O)O)C(CO)O[C@H]2OCCNC(=O)[C@]23CCC(C)(C)CC2C2=CCC4C5(C)CC[C@H](O[C@@H]6OC(C(=O)O)[C@@H](O)[C@H](O[C@@H]7OC[C@@H](O)[C@H](O)C7O)C6O[C@@H]6OC(CO)[C@H](O)[C@H](O)C6O)[C@](C)(C=O)[C@@H]5CCC4(C)[C@]2(C)C[C@@H]3O)C(O)C(O)[C@H]1O[C@@H]1OC[C@@H](O)C(O)C1O. The molecule has 0 spiro atoms. The molecule has 11 rings (SSSR count). The minimum absolute atomic E-state index is 0.0333. The third kappa shape index (κ3) is 18.2. The van der Waals surface area contributed by atoms with Gasteiger partial charge in [0, 0.05) is 19.4 Å². The number of carbonyl (C=O) groups is 5. The number of aliphatic carboxylic acids is 2. The number of allylic oxidation sites excluding steroid dienone is 2. The van der Waals surface area contributed by atoms with Crippen molar-refractivity contribution >= 4 is 30.0 Å². The van der Waals surface area contributed by atoms with Crippen LogP contribution < -0.4 is 10.6 Å².